The van der Waals surface area contributed by atoms with Gasteiger partial charge in [-0.15, -0.1) is 0 Å². The molecule has 3 aromatic rings. The van der Waals surface area contributed by atoms with Crippen molar-refractivity contribution in [3.05, 3.63) is 42.5 Å². The van der Waals surface area contributed by atoms with Crippen molar-refractivity contribution in [2.24, 2.45) is 0 Å². The molecule has 1 unspecified atom stereocenters. The monoisotopic (exact) mass is 519 g/mol. The van der Waals surface area contributed by atoms with E-state index >= 15 is 0 Å². The number of nitrogen functional groups attached to an aromatic ring is 1. The number of hydrogen-bond acceptors (Lipinski definition) is 6. The van der Waals surface area contributed by atoms with Gasteiger partial charge in [-0.3, -0.25) is 5.32 Å². The molecule has 2 fully saturated rings. The average Bonchev–Trinajstić information content (AvgIpc) is 3.43. The van der Waals surface area contributed by atoms with Crippen molar-refractivity contribution in [2.45, 2.75) is 50.6 Å². The predicted molar refractivity (Wildman–Crippen MR) is 131 cm³/mol. The Balaban J connectivity index is 1.39. The van der Waals surface area contributed by atoms with Crippen molar-refractivity contribution in [1.29, 1.82) is 0 Å². The van der Waals surface area contributed by atoms with E-state index in [0.29, 0.717) is 30.3 Å². The van der Waals surface area contributed by atoms with E-state index in [0.717, 1.165) is 48.3 Å². The number of aromatic nitrogens is 1. The van der Waals surface area contributed by atoms with E-state index in [-0.39, 0.29) is 18.9 Å². The molecule has 1 aliphatic heterocycles. The summed E-state index contributed by atoms with van der Waals surface area (Å²) in [6.45, 7) is 1.94. The molecule has 2 heterocycles. The van der Waals surface area contributed by atoms with Crippen LogP contribution in [0.5, 0.6) is 5.75 Å². The van der Waals surface area contributed by atoms with Gasteiger partial charge in [-0.25, -0.2) is 4.79 Å². The molecule has 11 heteroatoms. The fourth-order valence-corrected chi connectivity index (χ4v) is 4.47. The molecule has 8 nitrogen and oxygen atoms in total. The second-order valence-corrected chi connectivity index (χ2v) is 9.28. The SMILES string of the molecule is C[C@@H](OC(=O)Nc1ccc(-c2c(N)c3ccc(OCC4COCO4)cc3n2C2CCC2)cc1)C(F)(F)F. The number of halogens is 3. The van der Waals surface area contributed by atoms with Gasteiger partial charge in [0, 0.05) is 28.7 Å². The van der Waals surface area contributed by atoms with E-state index in [1.54, 1.807) is 24.3 Å². The molecule has 198 valence electrons. The van der Waals surface area contributed by atoms with Crippen molar-refractivity contribution in [1.82, 2.24) is 4.57 Å². The van der Waals surface area contributed by atoms with Crippen LogP contribution in [0, 0.1) is 0 Å². The van der Waals surface area contributed by atoms with Gasteiger partial charge in [-0.05, 0) is 50.5 Å². The molecule has 2 aromatic carbocycles. The molecule has 0 spiro atoms. The summed E-state index contributed by atoms with van der Waals surface area (Å²) in [5.74, 6) is 0.707. The van der Waals surface area contributed by atoms with Crippen LogP contribution in [0.15, 0.2) is 42.5 Å². The van der Waals surface area contributed by atoms with Crippen molar-refractivity contribution in [3.8, 4) is 17.0 Å². The largest absolute Gasteiger partial charge is 0.491 e. The highest BCUT2D eigenvalue weighted by Crippen LogP contribution is 2.45. The average molecular weight is 520 g/mol. The number of nitrogens with zero attached hydrogens (tertiary/aromatic N) is 1. The van der Waals surface area contributed by atoms with Gasteiger partial charge in [0.15, 0.2) is 6.10 Å². The minimum absolute atomic E-state index is 0.101. The molecule has 1 saturated heterocycles. The number of nitrogens with two attached hydrogens (primary N) is 1. The summed E-state index contributed by atoms with van der Waals surface area (Å²) in [5.41, 5.74) is 10.2. The number of fused-ring (bicyclic) bond motifs is 1. The van der Waals surface area contributed by atoms with E-state index in [1.807, 2.05) is 18.2 Å². The van der Waals surface area contributed by atoms with Gasteiger partial charge in [0.2, 0.25) is 0 Å². The molecule has 1 amide bonds. The van der Waals surface area contributed by atoms with Gasteiger partial charge in [-0.2, -0.15) is 13.2 Å². The van der Waals surface area contributed by atoms with Gasteiger partial charge in [0.1, 0.15) is 25.3 Å². The van der Waals surface area contributed by atoms with E-state index in [4.69, 9.17) is 19.9 Å². The highest BCUT2D eigenvalue weighted by Gasteiger charge is 2.39. The van der Waals surface area contributed by atoms with Crippen molar-refractivity contribution in [2.75, 3.05) is 31.1 Å². The minimum atomic E-state index is -4.63. The van der Waals surface area contributed by atoms with Crippen LogP contribution in [0.4, 0.5) is 29.3 Å². The van der Waals surface area contributed by atoms with Crippen LogP contribution >= 0.6 is 0 Å². The van der Waals surface area contributed by atoms with Crippen LogP contribution in [0.3, 0.4) is 0 Å². The topological polar surface area (TPSA) is 97.0 Å². The number of carbonyl (C=O) groups is 1. The summed E-state index contributed by atoms with van der Waals surface area (Å²) in [5, 5.41) is 3.24. The van der Waals surface area contributed by atoms with Gasteiger partial charge in [0.05, 0.1) is 23.5 Å². The van der Waals surface area contributed by atoms with E-state index < -0.39 is 18.4 Å². The molecule has 1 aliphatic carbocycles. The fraction of sp³-hybridized carbons (Fsp3) is 0.423. The molecule has 1 saturated carbocycles. The van der Waals surface area contributed by atoms with Crippen molar-refractivity contribution < 1.29 is 36.9 Å². The summed E-state index contributed by atoms with van der Waals surface area (Å²) in [6, 6.07) is 12.9. The third kappa shape index (κ3) is 5.33. The molecule has 2 atom stereocenters. The Hall–Kier alpha value is -3.44. The normalized spacial score (nSPS) is 19.0. The standard InChI is InChI=1S/C26H28F3N3O5/c1-15(26(27,28)29)37-25(33)31-17-7-5-16(6-8-17)24-23(30)21-10-9-19(35-13-20-12-34-14-36-20)11-22(21)32(24)18-3-2-4-18/h5-11,15,18,20H,2-4,12-14,30H2,1H3,(H,31,33)/t15-,20?/m1/s1. The van der Waals surface area contributed by atoms with Crippen LogP contribution < -0.4 is 15.8 Å². The molecular formula is C26H28F3N3O5. The second-order valence-electron chi connectivity index (χ2n) is 9.28. The lowest BCUT2D eigenvalue weighted by molar-refractivity contribution is -0.196. The van der Waals surface area contributed by atoms with Gasteiger partial charge >= 0.3 is 12.3 Å². The number of alkyl halides is 3. The molecule has 5 rings (SSSR count). The Labute approximate surface area is 211 Å². The van der Waals surface area contributed by atoms with Crippen LogP contribution in [0.2, 0.25) is 0 Å². The summed E-state index contributed by atoms with van der Waals surface area (Å²) >= 11 is 0. The summed E-state index contributed by atoms with van der Waals surface area (Å²) in [4.78, 5) is 11.9. The van der Waals surface area contributed by atoms with E-state index in [1.165, 1.54) is 0 Å². The van der Waals surface area contributed by atoms with Crippen LogP contribution in [0.1, 0.15) is 32.2 Å². The van der Waals surface area contributed by atoms with E-state index in [2.05, 4.69) is 14.6 Å². The number of rotatable bonds is 7. The zero-order valence-electron chi connectivity index (χ0n) is 20.2. The highest BCUT2D eigenvalue weighted by atomic mass is 19.4. The van der Waals surface area contributed by atoms with Crippen LogP contribution in [-0.4, -0.2) is 49.1 Å². The zero-order chi connectivity index (χ0) is 26.2. The molecular weight excluding hydrogens is 491 g/mol. The number of anilines is 2. The minimum Gasteiger partial charge on any atom is -0.491 e. The molecule has 37 heavy (non-hydrogen) atoms. The number of carbonyl (C=O) groups excluding carboxylic acids is 1. The maximum absolute atomic E-state index is 12.7. The Morgan fingerprint density at radius 1 is 1.22 bits per heavy atom. The Bertz CT molecular complexity index is 1270. The number of benzene rings is 2. The lowest BCUT2D eigenvalue weighted by Crippen LogP contribution is -2.32. The first kappa shape index (κ1) is 25.2. The summed E-state index contributed by atoms with van der Waals surface area (Å²) in [6.07, 6.45) is -4.94. The quantitative estimate of drug-likeness (QED) is 0.406. The Morgan fingerprint density at radius 2 is 1.97 bits per heavy atom. The maximum Gasteiger partial charge on any atom is 0.425 e. The smallest absolute Gasteiger partial charge is 0.425 e. The third-order valence-electron chi connectivity index (χ3n) is 6.73. The summed E-state index contributed by atoms with van der Waals surface area (Å²) in [7, 11) is 0. The summed E-state index contributed by atoms with van der Waals surface area (Å²) < 4.78 is 61.2. The fourth-order valence-electron chi connectivity index (χ4n) is 4.47. The number of ether oxygens (including phenoxy) is 4. The number of hydrogen-bond donors (Lipinski definition) is 2. The van der Waals surface area contributed by atoms with Crippen LogP contribution in [0.25, 0.3) is 22.2 Å². The van der Waals surface area contributed by atoms with Crippen LogP contribution in [-0.2, 0) is 14.2 Å². The molecule has 2 aliphatic rings. The molecule has 1 aromatic heterocycles. The second kappa shape index (κ2) is 10.1. The van der Waals surface area contributed by atoms with Gasteiger partial charge < -0.3 is 29.2 Å². The first-order valence-electron chi connectivity index (χ1n) is 12.1. The van der Waals surface area contributed by atoms with Gasteiger partial charge in [-0.1, -0.05) is 12.1 Å². The molecule has 3 N–H and O–H groups in total. The highest BCUT2D eigenvalue weighted by molar-refractivity contribution is 6.01. The molecule has 0 radical (unpaired) electrons. The Morgan fingerprint density at radius 3 is 2.59 bits per heavy atom. The lowest BCUT2D eigenvalue weighted by atomic mass is 9.92. The first-order chi connectivity index (χ1) is 17.7. The third-order valence-corrected chi connectivity index (χ3v) is 6.73. The zero-order valence-corrected chi connectivity index (χ0v) is 20.2. The molecule has 0 bridgehead atoms. The lowest BCUT2D eigenvalue weighted by Gasteiger charge is -2.30. The number of nitrogens with one attached hydrogen (secondary N) is 1. The number of amides is 1. The van der Waals surface area contributed by atoms with E-state index in [9.17, 15) is 18.0 Å². The maximum atomic E-state index is 12.7. The van der Waals surface area contributed by atoms with Gasteiger partial charge in [0.25, 0.3) is 0 Å². The Kier molecular flexibility index (Phi) is 6.91. The predicted octanol–water partition coefficient (Wildman–Crippen LogP) is 5.87. The van der Waals surface area contributed by atoms with Crippen molar-refractivity contribution >= 4 is 28.4 Å². The first-order valence-corrected chi connectivity index (χ1v) is 12.1. The van der Waals surface area contributed by atoms with Crippen molar-refractivity contribution in [3.63, 3.8) is 0 Å².